The standard InChI is InChI=1S/C2F3O2Se/c3-2(4,5)1(6)7-8. The minimum absolute atomic E-state index is 1.48. The number of carbonyl (C=O) groups is 1. The van der Waals surface area contributed by atoms with Gasteiger partial charge in [0.05, 0.1) is 0 Å². The van der Waals surface area contributed by atoms with Crippen LogP contribution >= 0.6 is 0 Å². The summed E-state index contributed by atoms with van der Waals surface area (Å²) in [5.74, 6) is -2.22. The van der Waals surface area contributed by atoms with E-state index in [9.17, 15) is 18.0 Å². The Balaban J connectivity index is 3.82. The molecule has 1 radical (unpaired) electrons. The molecule has 0 aromatic rings. The van der Waals surface area contributed by atoms with Gasteiger partial charge in [-0.05, 0) is 0 Å². The van der Waals surface area contributed by atoms with Crippen LogP contribution in [-0.2, 0) is 8.61 Å². The molecule has 0 bridgehead atoms. The van der Waals surface area contributed by atoms with E-state index in [1.165, 1.54) is 16.3 Å². The number of halogens is 3. The van der Waals surface area contributed by atoms with Crippen molar-refractivity contribution in [3.63, 3.8) is 0 Å². The molecular formula is C2F3O2Se. The van der Waals surface area contributed by atoms with Gasteiger partial charge in [-0.3, -0.25) is 0 Å². The maximum atomic E-state index is 11.0. The minimum atomic E-state index is -4.88. The van der Waals surface area contributed by atoms with E-state index < -0.39 is 12.1 Å². The molecule has 0 saturated heterocycles. The van der Waals surface area contributed by atoms with E-state index in [0.29, 0.717) is 0 Å². The van der Waals surface area contributed by atoms with E-state index in [-0.39, 0.29) is 0 Å². The first kappa shape index (κ1) is 7.78. The van der Waals surface area contributed by atoms with Crippen LogP contribution in [0.2, 0.25) is 0 Å². The maximum absolute atomic E-state index is 11.0. The van der Waals surface area contributed by atoms with Crippen LogP contribution in [-0.4, -0.2) is 28.5 Å². The summed E-state index contributed by atoms with van der Waals surface area (Å²) in [4.78, 5) is 9.45. The molecular weight excluding hydrogens is 192 g/mol. The number of hydrogen-bond donors (Lipinski definition) is 0. The molecule has 0 unspecified atom stereocenters. The zero-order chi connectivity index (χ0) is 6.78. The Morgan fingerprint density at radius 1 is 1.50 bits per heavy atom. The number of carbonyl (C=O) groups excluding carboxylic acids is 1. The van der Waals surface area contributed by atoms with Gasteiger partial charge in [0.1, 0.15) is 0 Å². The molecule has 6 heteroatoms. The molecule has 0 atom stereocenters. The summed E-state index contributed by atoms with van der Waals surface area (Å²) in [6.45, 7) is 0. The molecule has 0 N–H and O–H groups in total. The van der Waals surface area contributed by atoms with Gasteiger partial charge in [-0.2, -0.15) is 0 Å². The fourth-order valence-electron chi connectivity index (χ4n) is 0.0472. The Labute approximate surface area is 51.1 Å². The van der Waals surface area contributed by atoms with E-state index >= 15 is 0 Å². The molecule has 0 saturated carbocycles. The van der Waals surface area contributed by atoms with Crippen LogP contribution in [0.15, 0.2) is 0 Å². The van der Waals surface area contributed by atoms with Gasteiger partial charge in [-0.25, -0.2) is 0 Å². The second-order valence-electron chi connectivity index (χ2n) is 0.869. The van der Waals surface area contributed by atoms with Gasteiger partial charge in [0.2, 0.25) is 0 Å². The van der Waals surface area contributed by atoms with Crippen molar-refractivity contribution in [1.29, 1.82) is 0 Å². The van der Waals surface area contributed by atoms with Crippen LogP contribution in [0.4, 0.5) is 13.2 Å². The Morgan fingerprint density at radius 2 is 1.88 bits per heavy atom. The van der Waals surface area contributed by atoms with Crippen LogP contribution in [0, 0.1) is 0 Å². The predicted molar refractivity (Wildman–Crippen MR) is 17.9 cm³/mol. The second kappa shape index (κ2) is 2.37. The van der Waals surface area contributed by atoms with E-state index in [4.69, 9.17) is 0 Å². The molecule has 0 amide bonds. The molecule has 0 aliphatic rings. The van der Waals surface area contributed by atoms with Crippen LogP contribution in [0.3, 0.4) is 0 Å². The average Bonchev–Trinajstić information content (AvgIpc) is 1.62. The van der Waals surface area contributed by atoms with E-state index in [1.54, 1.807) is 0 Å². The van der Waals surface area contributed by atoms with Crippen molar-refractivity contribution in [3.8, 4) is 0 Å². The van der Waals surface area contributed by atoms with Crippen LogP contribution in [0.5, 0.6) is 0 Å². The fraction of sp³-hybridized carbons (Fsp3) is 0.500. The predicted octanol–water partition coefficient (Wildman–Crippen LogP) is 0.175. The van der Waals surface area contributed by atoms with Gasteiger partial charge in [-0.1, -0.05) is 0 Å². The Morgan fingerprint density at radius 3 is 1.88 bits per heavy atom. The van der Waals surface area contributed by atoms with Gasteiger partial charge in [0.15, 0.2) is 0 Å². The van der Waals surface area contributed by atoms with Crippen molar-refractivity contribution >= 4 is 22.3 Å². The zero-order valence-corrected chi connectivity index (χ0v) is 5.07. The normalized spacial score (nSPS) is 11.0. The third-order valence-electron chi connectivity index (χ3n) is 0.307. The Bertz CT molecular complexity index is 97.9. The third-order valence-corrected chi connectivity index (χ3v) is 0.625. The average molecular weight is 192 g/mol. The van der Waals surface area contributed by atoms with Gasteiger partial charge in [0, 0.05) is 0 Å². The quantitative estimate of drug-likeness (QED) is 0.511. The first-order valence-corrected chi connectivity index (χ1v) is 2.09. The van der Waals surface area contributed by atoms with Crippen molar-refractivity contribution in [2.45, 2.75) is 6.18 Å². The van der Waals surface area contributed by atoms with Crippen molar-refractivity contribution in [2.75, 3.05) is 0 Å². The molecule has 8 heavy (non-hydrogen) atoms. The molecule has 0 spiro atoms. The van der Waals surface area contributed by atoms with Crippen LogP contribution in [0.25, 0.3) is 0 Å². The summed E-state index contributed by atoms with van der Waals surface area (Å²) in [6, 6.07) is 0. The monoisotopic (exact) mass is 193 g/mol. The van der Waals surface area contributed by atoms with Crippen molar-refractivity contribution in [1.82, 2.24) is 0 Å². The molecule has 0 heterocycles. The molecule has 0 aromatic carbocycles. The van der Waals surface area contributed by atoms with Crippen molar-refractivity contribution < 1.29 is 21.8 Å². The Hall–Kier alpha value is -0.221. The summed E-state index contributed by atoms with van der Waals surface area (Å²) in [6.07, 6.45) is -4.88. The summed E-state index contributed by atoms with van der Waals surface area (Å²) < 4.78 is 36.1. The second-order valence-corrected chi connectivity index (χ2v) is 1.22. The molecule has 47 valence electrons. The summed E-state index contributed by atoms with van der Waals surface area (Å²) >= 11 is 1.48. The number of rotatable bonds is 0. The van der Waals surface area contributed by atoms with Crippen molar-refractivity contribution in [3.05, 3.63) is 0 Å². The molecule has 2 nitrogen and oxygen atoms in total. The first-order chi connectivity index (χ1) is 3.48. The molecule has 0 rings (SSSR count). The first-order valence-electron chi connectivity index (χ1n) is 1.39. The van der Waals surface area contributed by atoms with E-state index in [1.807, 2.05) is 0 Å². The number of alkyl halides is 3. The van der Waals surface area contributed by atoms with E-state index in [2.05, 4.69) is 3.82 Å². The van der Waals surface area contributed by atoms with Crippen LogP contribution in [0.1, 0.15) is 0 Å². The zero-order valence-electron chi connectivity index (χ0n) is 3.36. The van der Waals surface area contributed by atoms with Gasteiger partial charge in [-0.15, -0.1) is 0 Å². The van der Waals surface area contributed by atoms with Crippen molar-refractivity contribution in [2.24, 2.45) is 0 Å². The SMILES string of the molecule is O=C(O[Se])C(F)(F)F. The Kier molecular flexibility index (Phi) is 2.30. The van der Waals surface area contributed by atoms with Gasteiger partial charge < -0.3 is 0 Å². The molecule has 0 aliphatic carbocycles. The molecule has 0 fully saturated rings. The molecule has 0 aliphatic heterocycles. The van der Waals surface area contributed by atoms with Crippen LogP contribution < -0.4 is 0 Å². The summed E-state index contributed by atoms with van der Waals surface area (Å²) in [5.41, 5.74) is 0. The van der Waals surface area contributed by atoms with E-state index in [0.717, 1.165) is 0 Å². The summed E-state index contributed by atoms with van der Waals surface area (Å²) in [7, 11) is 0. The number of hydrogen-bond acceptors (Lipinski definition) is 2. The van der Waals surface area contributed by atoms with Gasteiger partial charge in [0.25, 0.3) is 0 Å². The third kappa shape index (κ3) is 2.18. The topological polar surface area (TPSA) is 26.3 Å². The van der Waals surface area contributed by atoms with Gasteiger partial charge >= 0.3 is 50.3 Å². The summed E-state index contributed by atoms with van der Waals surface area (Å²) in [5, 5.41) is 0. The fourth-order valence-corrected chi connectivity index (χ4v) is 0.245. The molecule has 0 aromatic heterocycles.